The highest BCUT2D eigenvalue weighted by Crippen LogP contribution is 2.21. The Kier molecular flexibility index (Phi) is 6.33. The van der Waals surface area contributed by atoms with Crippen LogP contribution in [-0.2, 0) is 9.47 Å². The molecule has 2 aromatic rings. The normalized spacial score (nSPS) is 17.7. The van der Waals surface area contributed by atoms with Crippen molar-refractivity contribution in [1.29, 1.82) is 0 Å². The highest BCUT2D eigenvalue weighted by atomic mass is 16.6. The Morgan fingerprint density at radius 2 is 2.04 bits per heavy atom. The minimum absolute atomic E-state index is 0.0785. The molecule has 1 fully saturated rings. The Hall–Kier alpha value is -2.55. The van der Waals surface area contributed by atoms with Crippen LogP contribution in [0.4, 0.5) is 0 Å². The van der Waals surface area contributed by atoms with E-state index in [1.807, 2.05) is 51.1 Å². The van der Waals surface area contributed by atoms with Gasteiger partial charge >= 0.3 is 0 Å². The maximum Gasteiger partial charge on any atom is 0.254 e. The van der Waals surface area contributed by atoms with Crippen LogP contribution >= 0.6 is 0 Å². The van der Waals surface area contributed by atoms with Gasteiger partial charge in [-0.15, -0.1) is 5.92 Å². The molecule has 0 spiro atoms. The van der Waals surface area contributed by atoms with Gasteiger partial charge in [-0.3, -0.25) is 4.79 Å². The highest BCUT2D eigenvalue weighted by Gasteiger charge is 2.17. The lowest BCUT2D eigenvalue weighted by Gasteiger charge is -2.23. The second kappa shape index (κ2) is 8.90. The van der Waals surface area contributed by atoms with Crippen LogP contribution in [0.3, 0.4) is 0 Å². The summed E-state index contributed by atoms with van der Waals surface area (Å²) in [6.07, 6.45) is -0.0925. The third kappa shape index (κ3) is 4.79. The lowest BCUT2D eigenvalue weighted by molar-refractivity contribution is -0.101. The van der Waals surface area contributed by atoms with Crippen molar-refractivity contribution in [1.82, 2.24) is 4.57 Å². The van der Waals surface area contributed by atoms with E-state index in [0.29, 0.717) is 32.2 Å². The first-order chi connectivity index (χ1) is 13.1. The molecular formula is C22H25NO4. The SMILES string of the molecule is CC#Cc1ccc([C@@H](C)n2c(C)cc(OCC3COCCO3)cc2=O)cc1. The third-order valence-electron chi connectivity index (χ3n) is 4.60. The topological polar surface area (TPSA) is 49.7 Å². The second-order valence-electron chi connectivity index (χ2n) is 6.59. The molecule has 1 aromatic carbocycles. The minimum Gasteiger partial charge on any atom is -0.491 e. The Morgan fingerprint density at radius 3 is 2.67 bits per heavy atom. The van der Waals surface area contributed by atoms with Crippen molar-refractivity contribution in [2.24, 2.45) is 0 Å². The molecule has 0 aliphatic carbocycles. The van der Waals surface area contributed by atoms with Crippen molar-refractivity contribution in [3.05, 3.63) is 63.6 Å². The van der Waals surface area contributed by atoms with Crippen molar-refractivity contribution >= 4 is 0 Å². The summed E-state index contributed by atoms with van der Waals surface area (Å²) in [5.74, 6) is 6.48. The molecule has 142 valence electrons. The van der Waals surface area contributed by atoms with E-state index < -0.39 is 0 Å². The quantitative estimate of drug-likeness (QED) is 0.763. The van der Waals surface area contributed by atoms with Crippen molar-refractivity contribution < 1.29 is 14.2 Å². The maximum atomic E-state index is 12.7. The van der Waals surface area contributed by atoms with Gasteiger partial charge in [-0.25, -0.2) is 0 Å². The molecule has 0 bridgehead atoms. The van der Waals surface area contributed by atoms with Gasteiger partial charge in [-0.05, 0) is 44.5 Å². The first kappa shape index (κ1) is 19.2. The van der Waals surface area contributed by atoms with Crippen LogP contribution < -0.4 is 10.3 Å². The molecule has 1 saturated heterocycles. The highest BCUT2D eigenvalue weighted by molar-refractivity contribution is 5.37. The molecule has 0 amide bonds. The Morgan fingerprint density at radius 1 is 1.26 bits per heavy atom. The Labute approximate surface area is 159 Å². The number of rotatable bonds is 5. The van der Waals surface area contributed by atoms with E-state index in [1.165, 1.54) is 6.07 Å². The van der Waals surface area contributed by atoms with Crippen LogP contribution in [-0.4, -0.2) is 37.1 Å². The van der Waals surface area contributed by atoms with E-state index in [1.54, 1.807) is 4.57 Å². The van der Waals surface area contributed by atoms with Gasteiger partial charge in [0.1, 0.15) is 18.5 Å². The van der Waals surface area contributed by atoms with Gasteiger partial charge in [-0.2, -0.15) is 0 Å². The molecular weight excluding hydrogens is 342 g/mol. The summed E-state index contributed by atoms with van der Waals surface area (Å²) in [6, 6.07) is 11.3. The number of pyridine rings is 1. The molecule has 1 unspecified atom stereocenters. The summed E-state index contributed by atoms with van der Waals surface area (Å²) in [5.41, 5.74) is 2.79. The largest absolute Gasteiger partial charge is 0.491 e. The number of ether oxygens (including phenoxy) is 3. The van der Waals surface area contributed by atoms with Crippen molar-refractivity contribution in [2.45, 2.75) is 32.9 Å². The fourth-order valence-corrected chi connectivity index (χ4v) is 3.22. The first-order valence-electron chi connectivity index (χ1n) is 9.16. The summed E-state index contributed by atoms with van der Waals surface area (Å²) in [5, 5.41) is 0. The number of hydrogen-bond acceptors (Lipinski definition) is 4. The fourth-order valence-electron chi connectivity index (χ4n) is 3.22. The third-order valence-corrected chi connectivity index (χ3v) is 4.60. The Bertz CT molecular complexity index is 883. The van der Waals surface area contributed by atoms with Crippen molar-refractivity contribution in [3.8, 4) is 17.6 Å². The van der Waals surface area contributed by atoms with Gasteiger partial charge in [0.15, 0.2) is 0 Å². The average Bonchev–Trinajstić information content (AvgIpc) is 2.67. The molecule has 0 radical (unpaired) electrons. The van der Waals surface area contributed by atoms with Crippen LogP contribution in [0.15, 0.2) is 41.2 Å². The maximum absolute atomic E-state index is 12.7. The number of aryl methyl sites for hydroxylation is 1. The summed E-state index contributed by atoms with van der Waals surface area (Å²) in [6.45, 7) is 7.84. The van der Waals surface area contributed by atoms with E-state index in [-0.39, 0.29) is 17.7 Å². The molecule has 2 heterocycles. The molecule has 5 heteroatoms. The predicted octanol–water partition coefficient (Wildman–Crippen LogP) is 2.93. The number of benzene rings is 1. The second-order valence-corrected chi connectivity index (χ2v) is 6.59. The van der Waals surface area contributed by atoms with Gasteiger partial charge in [0, 0.05) is 17.3 Å². The number of nitrogens with zero attached hydrogens (tertiary/aromatic N) is 1. The monoisotopic (exact) mass is 367 g/mol. The number of aromatic nitrogens is 1. The molecule has 27 heavy (non-hydrogen) atoms. The molecule has 1 aliphatic rings. The predicted molar refractivity (Wildman–Crippen MR) is 104 cm³/mol. The van der Waals surface area contributed by atoms with Crippen LogP contribution in [0.2, 0.25) is 0 Å². The standard InChI is InChI=1S/C22H25NO4/c1-4-5-18-6-8-19(9-7-18)17(3)23-16(2)12-20(13-22(23)24)27-15-21-14-25-10-11-26-21/h6-9,12-13,17,21H,10-11,14-15H2,1-3H3/t17-,21?/m1/s1. The molecule has 0 saturated carbocycles. The van der Waals surface area contributed by atoms with Gasteiger partial charge in [-0.1, -0.05) is 18.1 Å². The summed E-state index contributed by atoms with van der Waals surface area (Å²) < 4.78 is 18.5. The van der Waals surface area contributed by atoms with Gasteiger partial charge in [0.25, 0.3) is 5.56 Å². The molecule has 5 nitrogen and oxygen atoms in total. The fraction of sp³-hybridized carbons (Fsp3) is 0.409. The van der Waals surface area contributed by atoms with Gasteiger partial charge in [0.2, 0.25) is 0 Å². The molecule has 3 rings (SSSR count). The zero-order chi connectivity index (χ0) is 19.2. The summed E-state index contributed by atoms with van der Waals surface area (Å²) in [4.78, 5) is 12.7. The van der Waals surface area contributed by atoms with E-state index >= 15 is 0 Å². The lowest BCUT2D eigenvalue weighted by Crippen LogP contribution is -2.33. The van der Waals surface area contributed by atoms with Crippen LogP contribution in [0.1, 0.15) is 36.7 Å². The molecule has 0 N–H and O–H groups in total. The molecule has 1 aliphatic heterocycles. The van der Waals surface area contributed by atoms with Crippen molar-refractivity contribution in [2.75, 3.05) is 26.4 Å². The van der Waals surface area contributed by atoms with Crippen LogP contribution in [0, 0.1) is 18.8 Å². The number of hydrogen-bond donors (Lipinski definition) is 0. The average molecular weight is 367 g/mol. The zero-order valence-electron chi connectivity index (χ0n) is 16.0. The van der Waals surface area contributed by atoms with Gasteiger partial charge in [0.05, 0.1) is 25.9 Å². The molecule has 1 aromatic heterocycles. The smallest absolute Gasteiger partial charge is 0.254 e. The summed E-state index contributed by atoms with van der Waals surface area (Å²) in [7, 11) is 0. The van der Waals surface area contributed by atoms with E-state index in [0.717, 1.165) is 16.8 Å². The first-order valence-corrected chi connectivity index (χ1v) is 9.16. The van der Waals surface area contributed by atoms with Crippen LogP contribution in [0.5, 0.6) is 5.75 Å². The zero-order valence-corrected chi connectivity index (χ0v) is 16.0. The van der Waals surface area contributed by atoms with Crippen LogP contribution in [0.25, 0.3) is 0 Å². The Balaban J connectivity index is 1.75. The minimum atomic E-state index is -0.0925. The van der Waals surface area contributed by atoms with Gasteiger partial charge < -0.3 is 18.8 Å². The van der Waals surface area contributed by atoms with E-state index in [2.05, 4.69) is 11.8 Å². The van der Waals surface area contributed by atoms with E-state index in [9.17, 15) is 4.79 Å². The molecule has 2 atom stereocenters. The lowest BCUT2D eigenvalue weighted by atomic mass is 10.1. The van der Waals surface area contributed by atoms with E-state index in [4.69, 9.17) is 14.2 Å². The van der Waals surface area contributed by atoms with Crippen molar-refractivity contribution in [3.63, 3.8) is 0 Å². The summed E-state index contributed by atoms with van der Waals surface area (Å²) >= 11 is 0.